The van der Waals surface area contributed by atoms with Gasteiger partial charge in [0.2, 0.25) is 5.44 Å². The minimum atomic E-state index is -4.54. The van der Waals surface area contributed by atoms with Crippen molar-refractivity contribution in [2.45, 2.75) is 161 Å². The van der Waals surface area contributed by atoms with E-state index >= 15 is 0 Å². The van der Waals surface area contributed by atoms with Crippen LogP contribution in [0.15, 0.2) is 24.3 Å². The van der Waals surface area contributed by atoms with Crippen LogP contribution < -0.4 is 0 Å². The molecule has 242 valence electrons. The highest BCUT2D eigenvalue weighted by Gasteiger charge is 2.25. The fraction of sp³-hybridized carbons (Fsp3) is 0.765. The van der Waals surface area contributed by atoms with Crippen LogP contribution in [0, 0.1) is 0 Å². The van der Waals surface area contributed by atoms with E-state index in [0.29, 0.717) is 0 Å². The lowest BCUT2D eigenvalue weighted by atomic mass is 10.0. The molecule has 0 aliphatic heterocycles. The lowest BCUT2D eigenvalue weighted by Crippen LogP contribution is -2.25. The van der Waals surface area contributed by atoms with Crippen LogP contribution in [-0.4, -0.2) is 37.0 Å². The minimum absolute atomic E-state index is 0.00356. The molecular weight excluding hydrogens is 552 g/mol. The van der Waals surface area contributed by atoms with Gasteiger partial charge in [-0.1, -0.05) is 154 Å². The number of ether oxygens (including phenoxy) is 2. The Labute approximate surface area is 256 Å². The molecule has 1 aromatic carbocycles. The largest absolute Gasteiger partial charge is 0.462 e. The van der Waals surface area contributed by atoms with Gasteiger partial charge in [-0.25, -0.2) is 9.59 Å². The summed E-state index contributed by atoms with van der Waals surface area (Å²) in [5.41, 5.74) is -1.84. The molecule has 42 heavy (non-hydrogen) atoms. The summed E-state index contributed by atoms with van der Waals surface area (Å²) in [5.74, 6) is -1.68. The highest BCUT2D eigenvalue weighted by Crippen LogP contribution is 2.17. The molecule has 0 fully saturated rings. The molecule has 0 aromatic heterocycles. The maximum absolute atomic E-state index is 12.5. The van der Waals surface area contributed by atoms with E-state index in [-0.39, 0.29) is 17.7 Å². The zero-order valence-corrected chi connectivity index (χ0v) is 27.3. The first kappa shape index (κ1) is 38.1. The fourth-order valence-electron chi connectivity index (χ4n) is 5.07. The van der Waals surface area contributed by atoms with E-state index in [1.807, 2.05) is 0 Å². The van der Waals surface area contributed by atoms with Gasteiger partial charge in [-0.3, -0.25) is 4.55 Å². The number of unbranched alkanes of at least 4 members (excludes halogenated alkanes) is 21. The molecule has 7 nitrogen and oxygen atoms in total. The molecule has 8 heteroatoms. The second-order valence-corrected chi connectivity index (χ2v) is 13.3. The standard InChI is InChI=1S/C34H58O7S/c1-3-4-5-6-7-8-9-10-11-12-13-14-15-16-17-18-19-20-21-22-23-26-29-40-33(35)31-27-24-25-28-32(31)34(36)41-30(2)42(37,38)39/h24-25,27-28,30H,3-23,26,29H2,1-2H3,(H,37,38,39). The Bertz CT molecular complexity index is 945. The van der Waals surface area contributed by atoms with Crippen LogP contribution >= 0.6 is 0 Å². The molecule has 0 heterocycles. The first-order valence-electron chi connectivity index (χ1n) is 16.7. The number of hydrogen-bond donors (Lipinski definition) is 1. The van der Waals surface area contributed by atoms with E-state index in [1.165, 1.54) is 140 Å². The van der Waals surface area contributed by atoms with Gasteiger partial charge in [0, 0.05) is 0 Å². The van der Waals surface area contributed by atoms with Crippen LogP contribution in [0.3, 0.4) is 0 Å². The van der Waals surface area contributed by atoms with Gasteiger partial charge in [0.15, 0.2) is 0 Å². The molecule has 1 unspecified atom stereocenters. The predicted molar refractivity (Wildman–Crippen MR) is 170 cm³/mol. The fourth-order valence-corrected chi connectivity index (χ4v) is 5.28. The van der Waals surface area contributed by atoms with Crippen molar-refractivity contribution in [3.8, 4) is 0 Å². The summed E-state index contributed by atoms with van der Waals surface area (Å²) in [5, 5.41) is 0. The summed E-state index contributed by atoms with van der Waals surface area (Å²) in [6.45, 7) is 3.57. The van der Waals surface area contributed by atoms with Crippen molar-refractivity contribution in [3.05, 3.63) is 35.4 Å². The molecule has 0 radical (unpaired) electrons. The molecule has 0 aliphatic rings. The third-order valence-corrected chi connectivity index (χ3v) is 8.73. The van der Waals surface area contributed by atoms with Gasteiger partial charge < -0.3 is 9.47 Å². The number of rotatable bonds is 27. The normalized spacial score (nSPS) is 12.3. The van der Waals surface area contributed by atoms with Gasteiger partial charge >= 0.3 is 22.1 Å². The van der Waals surface area contributed by atoms with E-state index in [1.54, 1.807) is 6.07 Å². The summed E-state index contributed by atoms with van der Waals surface area (Å²) in [6, 6.07) is 5.90. The van der Waals surface area contributed by atoms with E-state index in [9.17, 15) is 18.0 Å². The number of hydrogen-bond acceptors (Lipinski definition) is 6. The Hall–Kier alpha value is -1.93. The molecule has 0 saturated heterocycles. The molecule has 0 aliphatic carbocycles. The third-order valence-electron chi connectivity index (χ3n) is 7.79. The van der Waals surface area contributed by atoms with E-state index in [0.717, 1.165) is 26.2 Å². The Morgan fingerprint density at radius 3 is 1.31 bits per heavy atom. The topological polar surface area (TPSA) is 107 Å². The van der Waals surface area contributed by atoms with Crippen LogP contribution in [-0.2, 0) is 19.6 Å². The molecule has 0 saturated carbocycles. The predicted octanol–water partition coefficient (Wildman–Crippen LogP) is 9.84. The van der Waals surface area contributed by atoms with Crippen LogP contribution in [0.5, 0.6) is 0 Å². The summed E-state index contributed by atoms with van der Waals surface area (Å²) in [4.78, 5) is 24.8. The Kier molecular flexibility index (Phi) is 22.2. The van der Waals surface area contributed by atoms with E-state index < -0.39 is 27.5 Å². The van der Waals surface area contributed by atoms with E-state index in [2.05, 4.69) is 6.92 Å². The van der Waals surface area contributed by atoms with Gasteiger partial charge in [0.25, 0.3) is 0 Å². The quantitative estimate of drug-likeness (QED) is 0.0600. The highest BCUT2D eigenvalue weighted by atomic mass is 32.2. The Morgan fingerprint density at radius 1 is 0.619 bits per heavy atom. The van der Waals surface area contributed by atoms with Gasteiger partial charge in [-0.15, -0.1) is 0 Å². The average Bonchev–Trinajstić information content (AvgIpc) is 2.96. The zero-order valence-electron chi connectivity index (χ0n) is 26.5. The monoisotopic (exact) mass is 610 g/mol. The van der Waals surface area contributed by atoms with Crippen molar-refractivity contribution < 1.29 is 32.0 Å². The van der Waals surface area contributed by atoms with Crippen molar-refractivity contribution >= 4 is 22.1 Å². The summed E-state index contributed by atoms with van der Waals surface area (Å²) in [6.07, 6.45) is 28.9. The van der Waals surface area contributed by atoms with Crippen molar-refractivity contribution in [3.63, 3.8) is 0 Å². The van der Waals surface area contributed by atoms with Crippen molar-refractivity contribution in [2.75, 3.05) is 6.61 Å². The molecule has 0 spiro atoms. The molecule has 1 aromatic rings. The Balaban J connectivity index is 1.96. The van der Waals surface area contributed by atoms with Crippen LogP contribution in [0.4, 0.5) is 0 Å². The van der Waals surface area contributed by atoms with Gasteiger partial charge in [0.05, 0.1) is 17.7 Å². The molecule has 1 atom stereocenters. The lowest BCUT2D eigenvalue weighted by molar-refractivity contribution is 0.0425. The third kappa shape index (κ3) is 19.3. The molecule has 0 amide bonds. The van der Waals surface area contributed by atoms with Crippen LogP contribution in [0.25, 0.3) is 0 Å². The first-order chi connectivity index (χ1) is 20.3. The maximum Gasteiger partial charge on any atom is 0.340 e. The van der Waals surface area contributed by atoms with Crippen molar-refractivity contribution in [1.82, 2.24) is 0 Å². The summed E-state index contributed by atoms with van der Waals surface area (Å²) >= 11 is 0. The first-order valence-corrected chi connectivity index (χ1v) is 18.2. The Morgan fingerprint density at radius 2 is 0.952 bits per heavy atom. The number of carbonyl (C=O) groups is 2. The highest BCUT2D eigenvalue weighted by molar-refractivity contribution is 7.86. The molecular formula is C34H58O7S. The van der Waals surface area contributed by atoms with Crippen LogP contribution in [0.2, 0.25) is 0 Å². The van der Waals surface area contributed by atoms with E-state index in [4.69, 9.17) is 14.0 Å². The number of esters is 2. The average molecular weight is 611 g/mol. The summed E-state index contributed by atoms with van der Waals surface area (Å²) in [7, 11) is -4.54. The maximum atomic E-state index is 12.5. The molecule has 1 N–H and O–H groups in total. The SMILES string of the molecule is CCCCCCCCCCCCCCCCCCCCCCCCOC(=O)c1ccccc1C(=O)OC(C)S(=O)(=O)O. The minimum Gasteiger partial charge on any atom is -0.462 e. The van der Waals surface area contributed by atoms with Crippen LogP contribution in [0.1, 0.15) is 176 Å². The summed E-state index contributed by atoms with van der Waals surface area (Å²) < 4.78 is 41.3. The lowest BCUT2D eigenvalue weighted by Gasteiger charge is -2.12. The zero-order chi connectivity index (χ0) is 30.9. The van der Waals surface area contributed by atoms with Crippen molar-refractivity contribution in [2.24, 2.45) is 0 Å². The van der Waals surface area contributed by atoms with Crippen molar-refractivity contribution in [1.29, 1.82) is 0 Å². The number of carbonyl (C=O) groups excluding carboxylic acids is 2. The van der Waals surface area contributed by atoms with Gasteiger partial charge in [0.1, 0.15) is 0 Å². The molecule has 1 rings (SSSR count). The smallest absolute Gasteiger partial charge is 0.340 e. The number of benzene rings is 1. The van der Waals surface area contributed by atoms with Gasteiger partial charge in [-0.05, 0) is 25.5 Å². The second kappa shape index (κ2) is 24.5. The molecule has 0 bridgehead atoms. The second-order valence-electron chi connectivity index (χ2n) is 11.6. The van der Waals surface area contributed by atoms with Gasteiger partial charge in [-0.2, -0.15) is 8.42 Å².